The molecule has 2 aromatic heterocycles. The van der Waals surface area contributed by atoms with E-state index >= 15 is 0 Å². The highest BCUT2D eigenvalue weighted by atomic mass is 35.5. The van der Waals surface area contributed by atoms with Crippen LogP contribution in [0.2, 0.25) is 5.02 Å². The van der Waals surface area contributed by atoms with Gasteiger partial charge in [0.2, 0.25) is 0 Å². The van der Waals surface area contributed by atoms with Gasteiger partial charge in [-0.1, -0.05) is 16.8 Å². The highest BCUT2D eigenvalue weighted by Gasteiger charge is 2.09. The van der Waals surface area contributed by atoms with Gasteiger partial charge in [0.1, 0.15) is 0 Å². The van der Waals surface area contributed by atoms with Crippen molar-refractivity contribution in [3.05, 3.63) is 47.4 Å². The fourth-order valence-electron chi connectivity index (χ4n) is 1.99. The molecule has 3 aromatic rings. The fourth-order valence-corrected chi connectivity index (χ4v) is 2.20. The Labute approximate surface area is 115 Å². The second-order valence-corrected chi connectivity index (χ2v) is 4.57. The number of halogens is 1. The summed E-state index contributed by atoms with van der Waals surface area (Å²) in [6.07, 6.45) is 4.31. The topological polar surface area (TPSA) is 69.6 Å². The van der Waals surface area contributed by atoms with E-state index in [0.717, 1.165) is 22.3 Å². The van der Waals surface area contributed by atoms with Crippen molar-refractivity contribution in [2.45, 2.75) is 6.42 Å². The van der Waals surface area contributed by atoms with Crippen molar-refractivity contribution < 1.29 is 0 Å². The lowest BCUT2D eigenvalue weighted by Crippen LogP contribution is -2.02. The first kappa shape index (κ1) is 12.1. The lowest BCUT2D eigenvalue weighted by Gasteiger charge is -2.06. The third-order valence-corrected chi connectivity index (χ3v) is 3.21. The summed E-state index contributed by atoms with van der Waals surface area (Å²) in [5.74, 6) is 0. The molecule has 0 saturated heterocycles. The van der Waals surface area contributed by atoms with Gasteiger partial charge in [0.15, 0.2) is 0 Å². The van der Waals surface area contributed by atoms with Gasteiger partial charge in [0.05, 0.1) is 28.1 Å². The first-order valence-corrected chi connectivity index (χ1v) is 6.32. The molecule has 0 radical (unpaired) electrons. The van der Waals surface area contributed by atoms with Gasteiger partial charge in [-0.2, -0.15) is 0 Å². The van der Waals surface area contributed by atoms with Gasteiger partial charge in [-0.05, 0) is 30.8 Å². The van der Waals surface area contributed by atoms with E-state index in [1.807, 2.05) is 30.5 Å². The SMILES string of the molecule is NCCc1cn(-c2ccc(Cl)c3cccnc23)nn1. The molecule has 19 heavy (non-hydrogen) atoms. The van der Waals surface area contributed by atoms with Gasteiger partial charge in [-0.15, -0.1) is 5.10 Å². The molecule has 0 bridgehead atoms. The van der Waals surface area contributed by atoms with Crippen molar-refractivity contribution >= 4 is 22.5 Å². The fraction of sp³-hybridized carbons (Fsp3) is 0.154. The summed E-state index contributed by atoms with van der Waals surface area (Å²) < 4.78 is 1.71. The molecule has 0 saturated carbocycles. The molecule has 0 aliphatic rings. The smallest absolute Gasteiger partial charge is 0.0974 e. The van der Waals surface area contributed by atoms with Crippen molar-refractivity contribution in [1.29, 1.82) is 0 Å². The maximum Gasteiger partial charge on any atom is 0.0974 e. The first-order chi connectivity index (χ1) is 9.29. The van der Waals surface area contributed by atoms with E-state index < -0.39 is 0 Å². The quantitative estimate of drug-likeness (QED) is 0.792. The molecular weight excluding hydrogens is 262 g/mol. The van der Waals surface area contributed by atoms with Crippen LogP contribution in [0.3, 0.4) is 0 Å². The number of hydrogen-bond donors (Lipinski definition) is 1. The predicted molar refractivity (Wildman–Crippen MR) is 74.4 cm³/mol. The zero-order chi connectivity index (χ0) is 13.2. The maximum absolute atomic E-state index is 6.17. The molecule has 0 unspecified atom stereocenters. The van der Waals surface area contributed by atoms with Crippen LogP contribution in [0.25, 0.3) is 16.6 Å². The Balaban J connectivity index is 2.16. The van der Waals surface area contributed by atoms with E-state index in [4.69, 9.17) is 17.3 Å². The Morgan fingerprint density at radius 1 is 1.26 bits per heavy atom. The molecule has 0 aliphatic heterocycles. The third kappa shape index (κ3) is 2.18. The number of fused-ring (bicyclic) bond motifs is 1. The van der Waals surface area contributed by atoms with Crippen LogP contribution in [-0.2, 0) is 6.42 Å². The number of pyridine rings is 1. The number of nitrogens with two attached hydrogens (primary N) is 1. The molecule has 0 atom stereocenters. The summed E-state index contributed by atoms with van der Waals surface area (Å²) in [7, 11) is 0. The van der Waals surface area contributed by atoms with Crippen molar-refractivity contribution in [2.24, 2.45) is 5.73 Å². The van der Waals surface area contributed by atoms with Gasteiger partial charge in [0.25, 0.3) is 0 Å². The Bertz CT molecular complexity index is 722. The standard InChI is InChI=1S/C13H12ClN5/c14-11-3-4-12(13-10(11)2-1-7-16-13)19-8-9(5-6-15)17-18-19/h1-4,7-8H,5-6,15H2. The van der Waals surface area contributed by atoms with Crippen LogP contribution < -0.4 is 5.73 Å². The second-order valence-electron chi connectivity index (χ2n) is 4.16. The van der Waals surface area contributed by atoms with Gasteiger partial charge in [-0.25, -0.2) is 4.68 Å². The third-order valence-electron chi connectivity index (χ3n) is 2.88. The Kier molecular flexibility index (Phi) is 3.15. The lowest BCUT2D eigenvalue weighted by atomic mass is 10.2. The Morgan fingerprint density at radius 2 is 2.16 bits per heavy atom. The van der Waals surface area contributed by atoms with Crippen molar-refractivity contribution in [3.8, 4) is 5.69 Å². The number of nitrogens with zero attached hydrogens (tertiary/aromatic N) is 4. The molecule has 96 valence electrons. The summed E-state index contributed by atoms with van der Waals surface area (Å²) in [6.45, 7) is 0.554. The first-order valence-electron chi connectivity index (χ1n) is 5.94. The minimum absolute atomic E-state index is 0.554. The van der Waals surface area contributed by atoms with Crippen LogP contribution in [0.4, 0.5) is 0 Å². The van der Waals surface area contributed by atoms with Crippen LogP contribution in [-0.4, -0.2) is 26.5 Å². The van der Waals surface area contributed by atoms with E-state index in [1.165, 1.54) is 0 Å². The van der Waals surface area contributed by atoms with Crippen LogP contribution in [0.1, 0.15) is 5.69 Å². The summed E-state index contributed by atoms with van der Waals surface area (Å²) in [4.78, 5) is 4.38. The van der Waals surface area contributed by atoms with Crippen molar-refractivity contribution in [2.75, 3.05) is 6.54 Å². The number of aromatic nitrogens is 4. The Hall–Kier alpha value is -1.98. The van der Waals surface area contributed by atoms with Gasteiger partial charge >= 0.3 is 0 Å². The van der Waals surface area contributed by atoms with Crippen LogP contribution in [0.15, 0.2) is 36.7 Å². The molecule has 1 aromatic carbocycles. The van der Waals surface area contributed by atoms with E-state index in [0.29, 0.717) is 18.0 Å². The van der Waals surface area contributed by atoms with Crippen molar-refractivity contribution in [1.82, 2.24) is 20.0 Å². The van der Waals surface area contributed by atoms with Gasteiger partial charge in [-0.3, -0.25) is 4.98 Å². The molecule has 0 fully saturated rings. The molecule has 0 amide bonds. The molecule has 6 heteroatoms. The molecule has 2 heterocycles. The molecule has 0 aliphatic carbocycles. The van der Waals surface area contributed by atoms with Crippen LogP contribution in [0, 0.1) is 0 Å². The molecule has 3 rings (SSSR count). The molecule has 0 spiro atoms. The molecule has 5 nitrogen and oxygen atoms in total. The minimum Gasteiger partial charge on any atom is -0.330 e. The number of hydrogen-bond acceptors (Lipinski definition) is 4. The zero-order valence-electron chi connectivity index (χ0n) is 10.1. The summed E-state index contributed by atoms with van der Waals surface area (Å²) in [5.41, 5.74) is 8.04. The van der Waals surface area contributed by atoms with Crippen LogP contribution >= 0.6 is 11.6 Å². The maximum atomic E-state index is 6.17. The number of rotatable bonds is 3. The highest BCUT2D eigenvalue weighted by molar-refractivity contribution is 6.35. The summed E-state index contributed by atoms with van der Waals surface area (Å²) in [6, 6.07) is 7.52. The lowest BCUT2D eigenvalue weighted by molar-refractivity contribution is 0.797. The molecule has 2 N–H and O–H groups in total. The monoisotopic (exact) mass is 273 g/mol. The highest BCUT2D eigenvalue weighted by Crippen LogP contribution is 2.26. The van der Waals surface area contributed by atoms with Crippen LogP contribution in [0.5, 0.6) is 0 Å². The Morgan fingerprint density at radius 3 is 3.00 bits per heavy atom. The van der Waals surface area contributed by atoms with E-state index in [9.17, 15) is 0 Å². The van der Waals surface area contributed by atoms with Gasteiger partial charge in [0, 0.05) is 18.0 Å². The summed E-state index contributed by atoms with van der Waals surface area (Å²) in [5, 5.41) is 9.77. The number of benzene rings is 1. The zero-order valence-corrected chi connectivity index (χ0v) is 10.9. The van der Waals surface area contributed by atoms with E-state index in [2.05, 4.69) is 15.3 Å². The average molecular weight is 274 g/mol. The largest absolute Gasteiger partial charge is 0.330 e. The molecular formula is C13H12ClN5. The summed E-state index contributed by atoms with van der Waals surface area (Å²) >= 11 is 6.17. The van der Waals surface area contributed by atoms with E-state index in [1.54, 1.807) is 10.9 Å². The normalized spacial score (nSPS) is 11.1. The van der Waals surface area contributed by atoms with Crippen molar-refractivity contribution in [3.63, 3.8) is 0 Å². The average Bonchev–Trinajstić information content (AvgIpc) is 2.88. The predicted octanol–water partition coefficient (Wildman–Crippen LogP) is 1.97. The minimum atomic E-state index is 0.554. The second kappa shape index (κ2) is 4.95. The van der Waals surface area contributed by atoms with Gasteiger partial charge < -0.3 is 5.73 Å². The van der Waals surface area contributed by atoms with E-state index in [-0.39, 0.29) is 0 Å².